The zero-order valence-corrected chi connectivity index (χ0v) is 14.5. The van der Waals surface area contributed by atoms with Crippen molar-refractivity contribution in [1.29, 1.82) is 5.26 Å². The molecule has 0 aromatic heterocycles. The van der Waals surface area contributed by atoms with Crippen molar-refractivity contribution in [3.05, 3.63) is 35.4 Å². The van der Waals surface area contributed by atoms with Crippen LogP contribution < -0.4 is 0 Å². The molecule has 0 aliphatic carbocycles. The summed E-state index contributed by atoms with van der Waals surface area (Å²) >= 11 is 0. The van der Waals surface area contributed by atoms with Crippen LogP contribution in [0.2, 0.25) is 0 Å². The Bertz CT molecular complexity index is 697. The summed E-state index contributed by atoms with van der Waals surface area (Å²) in [5.41, 5.74) is 1.38. The summed E-state index contributed by atoms with van der Waals surface area (Å²) in [4.78, 5) is 29.9. The quantitative estimate of drug-likeness (QED) is 0.773. The number of rotatable bonds is 4. The number of ether oxygens (including phenoxy) is 1. The monoisotopic (exact) mass is 342 g/mol. The summed E-state index contributed by atoms with van der Waals surface area (Å²) in [6.07, 6.45) is 0.124. The molecule has 2 heterocycles. The van der Waals surface area contributed by atoms with E-state index in [1.807, 2.05) is 6.92 Å². The maximum absolute atomic E-state index is 12.6. The molecule has 25 heavy (non-hydrogen) atoms. The predicted molar refractivity (Wildman–Crippen MR) is 90.3 cm³/mol. The van der Waals surface area contributed by atoms with Gasteiger partial charge in [-0.05, 0) is 31.5 Å². The molecule has 1 aromatic rings. The highest BCUT2D eigenvalue weighted by Gasteiger charge is 2.38. The van der Waals surface area contributed by atoms with Gasteiger partial charge in [-0.2, -0.15) is 5.26 Å². The molecule has 2 unspecified atom stereocenters. The Labute approximate surface area is 147 Å². The molecule has 3 rings (SSSR count). The van der Waals surface area contributed by atoms with Gasteiger partial charge in [0.2, 0.25) is 0 Å². The van der Waals surface area contributed by atoms with Crippen LogP contribution in [0.1, 0.15) is 25.0 Å². The van der Waals surface area contributed by atoms with Crippen molar-refractivity contribution >= 4 is 11.9 Å². The van der Waals surface area contributed by atoms with Gasteiger partial charge < -0.3 is 9.64 Å². The number of nitriles is 1. The summed E-state index contributed by atoms with van der Waals surface area (Å²) in [7, 11) is 0. The first-order valence-electron chi connectivity index (χ1n) is 8.42. The standard InChI is InChI=1S/C18H22N4O3/c1-13-11-25-14(2)8-20(13)12-21-10-17(23)22(18(21)24)9-16-5-3-15(7-19)4-6-16/h3-6,13-14H,8-12H2,1-2H3. The number of benzene rings is 1. The highest BCUT2D eigenvalue weighted by Crippen LogP contribution is 2.18. The minimum Gasteiger partial charge on any atom is -0.376 e. The van der Waals surface area contributed by atoms with E-state index in [4.69, 9.17) is 10.00 Å². The summed E-state index contributed by atoms with van der Waals surface area (Å²) in [6.45, 7) is 6.21. The van der Waals surface area contributed by atoms with Crippen molar-refractivity contribution in [2.75, 3.05) is 26.4 Å². The van der Waals surface area contributed by atoms with E-state index < -0.39 is 0 Å². The van der Waals surface area contributed by atoms with Gasteiger partial charge in [0, 0.05) is 12.6 Å². The number of amides is 3. The van der Waals surface area contributed by atoms with Crippen molar-refractivity contribution in [1.82, 2.24) is 14.7 Å². The molecule has 0 bridgehead atoms. The highest BCUT2D eigenvalue weighted by atomic mass is 16.5. The zero-order chi connectivity index (χ0) is 18.0. The fraction of sp³-hybridized carbons (Fsp3) is 0.500. The lowest BCUT2D eigenvalue weighted by Crippen LogP contribution is -2.52. The number of hydrogen-bond donors (Lipinski definition) is 0. The van der Waals surface area contributed by atoms with Crippen LogP contribution in [-0.4, -0.2) is 65.1 Å². The zero-order valence-electron chi connectivity index (χ0n) is 14.5. The van der Waals surface area contributed by atoms with Gasteiger partial charge in [0.1, 0.15) is 6.54 Å². The van der Waals surface area contributed by atoms with Gasteiger partial charge in [-0.1, -0.05) is 12.1 Å². The minimum absolute atomic E-state index is 0.105. The Morgan fingerprint density at radius 1 is 1.24 bits per heavy atom. The predicted octanol–water partition coefficient (Wildman–Crippen LogP) is 1.39. The third-order valence-corrected chi connectivity index (χ3v) is 4.64. The number of carbonyl (C=O) groups excluding carboxylic acids is 2. The minimum atomic E-state index is -0.263. The summed E-state index contributed by atoms with van der Waals surface area (Å²) in [5, 5.41) is 8.84. The van der Waals surface area contributed by atoms with E-state index >= 15 is 0 Å². The number of nitrogens with zero attached hydrogens (tertiary/aromatic N) is 4. The highest BCUT2D eigenvalue weighted by molar-refractivity contribution is 6.01. The number of hydrogen-bond acceptors (Lipinski definition) is 5. The van der Waals surface area contributed by atoms with Gasteiger partial charge in [0.15, 0.2) is 0 Å². The van der Waals surface area contributed by atoms with E-state index in [-0.39, 0.29) is 37.2 Å². The van der Waals surface area contributed by atoms with Crippen molar-refractivity contribution in [3.63, 3.8) is 0 Å². The van der Waals surface area contributed by atoms with Crippen molar-refractivity contribution in [3.8, 4) is 6.07 Å². The van der Waals surface area contributed by atoms with Crippen LogP contribution >= 0.6 is 0 Å². The molecule has 0 saturated carbocycles. The average Bonchev–Trinajstić information content (AvgIpc) is 2.86. The molecule has 2 atom stereocenters. The lowest BCUT2D eigenvalue weighted by atomic mass is 10.1. The van der Waals surface area contributed by atoms with E-state index in [0.717, 1.165) is 12.1 Å². The lowest BCUT2D eigenvalue weighted by Gasteiger charge is -2.38. The summed E-state index contributed by atoms with van der Waals surface area (Å²) in [5.74, 6) is -0.191. The molecule has 3 amide bonds. The first-order valence-corrected chi connectivity index (χ1v) is 8.42. The molecule has 2 aliphatic rings. The van der Waals surface area contributed by atoms with Gasteiger partial charge in [0.25, 0.3) is 5.91 Å². The molecule has 0 spiro atoms. The number of carbonyl (C=O) groups is 2. The maximum Gasteiger partial charge on any atom is 0.328 e. The fourth-order valence-electron chi connectivity index (χ4n) is 3.12. The molecule has 132 valence electrons. The van der Waals surface area contributed by atoms with E-state index in [1.165, 1.54) is 4.90 Å². The Hall–Kier alpha value is -2.43. The van der Waals surface area contributed by atoms with Gasteiger partial charge in [0.05, 0.1) is 37.6 Å². The Kier molecular flexibility index (Phi) is 5.02. The van der Waals surface area contributed by atoms with E-state index in [9.17, 15) is 9.59 Å². The van der Waals surface area contributed by atoms with Crippen LogP contribution in [0.3, 0.4) is 0 Å². The van der Waals surface area contributed by atoms with E-state index in [1.54, 1.807) is 29.2 Å². The molecular weight excluding hydrogens is 320 g/mol. The second kappa shape index (κ2) is 7.21. The molecule has 7 heteroatoms. The Morgan fingerprint density at radius 3 is 2.64 bits per heavy atom. The van der Waals surface area contributed by atoms with E-state index in [0.29, 0.717) is 18.8 Å². The molecule has 1 aromatic carbocycles. The SMILES string of the molecule is CC1CN(CN2CC(=O)N(Cc3ccc(C#N)cc3)C2=O)C(C)CO1. The van der Waals surface area contributed by atoms with Crippen molar-refractivity contribution < 1.29 is 14.3 Å². The topological polar surface area (TPSA) is 76.9 Å². The Balaban J connectivity index is 1.64. The fourth-order valence-corrected chi connectivity index (χ4v) is 3.12. The average molecular weight is 342 g/mol. The number of morpholine rings is 1. The van der Waals surface area contributed by atoms with Crippen LogP contribution in [0.15, 0.2) is 24.3 Å². The largest absolute Gasteiger partial charge is 0.376 e. The summed E-state index contributed by atoms with van der Waals surface area (Å²) < 4.78 is 5.61. The molecule has 0 radical (unpaired) electrons. The van der Waals surface area contributed by atoms with Crippen molar-refractivity contribution in [2.45, 2.75) is 32.5 Å². The first-order chi connectivity index (χ1) is 12.0. The molecule has 0 N–H and O–H groups in total. The molecule has 7 nitrogen and oxygen atoms in total. The van der Waals surface area contributed by atoms with Gasteiger partial charge >= 0.3 is 6.03 Å². The molecule has 2 saturated heterocycles. The second-order valence-corrected chi connectivity index (χ2v) is 6.67. The molecule has 2 aliphatic heterocycles. The lowest BCUT2D eigenvalue weighted by molar-refractivity contribution is -0.126. The first kappa shape index (κ1) is 17.4. The van der Waals surface area contributed by atoms with Crippen LogP contribution in [0, 0.1) is 11.3 Å². The van der Waals surface area contributed by atoms with Gasteiger partial charge in [-0.3, -0.25) is 14.6 Å². The van der Waals surface area contributed by atoms with Crippen LogP contribution in [0.5, 0.6) is 0 Å². The third-order valence-electron chi connectivity index (χ3n) is 4.64. The number of urea groups is 1. The summed E-state index contributed by atoms with van der Waals surface area (Å²) in [6, 6.07) is 8.93. The normalized spacial score (nSPS) is 24.7. The molecule has 2 fully saturated rings. The van der Waals surface area contributed by atoms with Gasteiger partial charge in [-0.15, -0.1) is 0 Å². The second-order valence-electron chi connectivity index (χ2n) is 6.67. The Morgan fingerprint density at radius 2 is 1.96 bits per heavy atom. The maximum atomic E-state index is 12.6. The van der Waals surface area contributed by atoms with Crippen LogP contribution in [0.4, 0.5) is 4.79 Å². The van der Waals surface area contributed by atoms with Gasteiger partial charge in [-0.25, -0.2) is 4.79 Å². The number of imide groups is 1. The van der Waals surface area contributed by atoms with E-state index in [2.05, 4.69) is 17.9 Å². The molecular formula is C18H22N4O3. The van der Waals surface area contributed by atoms with Crippen molar-refractivity contribution in [2.24, 2.45) is 0 Å². The third kappa shape index (κ3) is 3.81. The van der Waals surface area contributed by atoms with Crippen LogP contribution in [0.25, 0.3) is 0 Å². The smallest absolute Gasteiger partial charge is 0.328 e. The van der Waals surface area contributed by atoms with Crippen LogP contribution in [-0.2, 0) is 16.1 Å².